The number of hydrogen-bond acceptors (Lipinski definition) is 2. The molecule has 1 atom stereocenters. The fourth-order valence-electron chi connectivity index (χ4n) is 1.86. The molecule has 1 heterocycles. The summed E-state index contributed by atoms with van der Waals surface area (Å²) < 4.78 is 1.79. The summed E-state index contributed by atoms with van der Waals surface area (Å²) in [7, 11) is 1.83. The van der Waals surface area contributed by atoms with Crippen LogP contribution < -0.4 is 10.6 Å². The third-order valence-corrected chi connectivity index (χ3v) is 3.70. The molecule has 0 aliphatic carbocycles. The van der Waals surface area contributed by atoms with E-state index < -0.39 is 12.1 Å². The molecule has 0 spiro atoms. The van der Waals surface area contributed by atoms with Crippen LogP contribution in [-0.2, 0) is 7.05 Å². The molecule has 1 aromatic carbocycles. The number of aryl methyl sites for hydroxylation is 1. The van der Waals surface area contributed by atoms with E-state index in [1.807, 2.05) is 19.3 Å². The zero-order valence-corrected chi connectivity index (χ0v) is 12.8. The van der Waals surface area contributed by atoms with Gasteiger partial charge < -0.3 is 20.3 Å². The van der Waals surface area contributed by atoms with Gasteiger partial charge in [0.15, 0.2) is 0 Å². The summed E-state index contributed by atoms with van der Waals surface area (Å²) in [6.45, 7) is 0.102. The highest BCUT2D eigenvalue weighted by atomic mass is 35.5. The molecule has 0 unspecified atom stereocenters. The summed E-state index contributed by atoms with van der Waals surface area (Å²) in [5.74, 6) is 0. The number of carbonyl (C=O) groups is 1. The lowest BCUT2D eigenvalue weighted by Gasteiger charge is -2.14. The zero-order chi connectivity index (χ0) is 15.4. The highest BCUT2D eigenvalue weighted by Crippen LogP contribution is 2.24. The molecule has 0 fully saturated rings. The van der Waals surface area contributed by atoms with Crippen LogP contribution in [0.2, 0.25) is 10.0 Å². The van der Waals surface area contributed by atoms with Gasteiger partial charge in [-0.2, -0.15) is 0 Å². The molecule has 3 N–H and O–H groups in total. The van der Waals surface area contributed by atoms with Crippen molar-refractivity contribution in [3.8, 4) is 0 Å². The van der Waals surface area contributed by atoms with Crippen molar-refractivity contribution >= 4 is 34.9 Å². The topological polar surface area (TPSA) is 66.3 Å². The molecule has 21 heavy (non-hydrogen) atoms. The number of urea groups is 1. The Hall–Kier alpha value is -1.69. The second-order valence-electron chi connectivity index (χ2n) is 4.52. The molecular weight excluding hydrogens is 313 g/mol. The normalized spacial score (nSPS) is 12.0. The highest BCUT2D eigenvalue weighted by molar-refractivity contribution is 6.42. The summed E-state index contributed by atoms with van der Waals surface area (Å²) in [6, 6.07) is 7.98. The van der Waals surface area contributed by atoms with Gasteiger partial charge in [0.2, 0.25) is 0 Å². The molecule has 0 aliphatic heterocycles. The molecule has 112 valence electrons. The van der Waals surface area contributed by atoms with Gasteiger partial charge in [0, 0.05) is 24.6 Å². The van der Waals surface area contributed by atoms with E-state index in [1.165, 1.54) is 0 Å². The van der Waals surface area contributed by atoms with E-state index in [4.69, 9.17) is 23.2 Å². The van der Waals surface area contributed by atoms with Crippen LogP contribution in [0.5, 0.6) is 0 Å². The van der Waals surface area contributed by atoms with E-state index in [9.17, 15) is 9.90 Å². The molecule has 0 radical (unpaired) electrons. The molecule has 2 rings (SSSR count). The van der Waals surface area contributed by atoms with Gasteiger partial charge in [0.1, 0.15) is 6.10 Å². The number of aromatic nitrogens is 1. The maximum absolute atomic E-state index is 11.8. The van der Waals surface area contributed by atoms with Gasteiger partial charge in [-0.15, -0.1) is 0 Å². The van der Waals surface area contributed by atoms with Crippen LogP contribution >= 0.6 is 23.2 Å². The van der Waals surface area contributed by atoms with Gasteiger partial charge in [-0.05, 0) is 30.3 Å². The van der Waals surface area contributed by atoms with Gasteiger partial charge in [0.25, 0.3) is 0 Å². The number of nitrogens with one attached hydrogen (secondary N) is 2. The number of halogens is 2. The first-order valence-electron chi connectivity index (χ1n) is 6.26. The maximum atomic E-state index is 11.8. The number of aliphatic hydroxyl groups excluding tert-OH is 1. The van der Waals surface area contributed by atoms with Crippen molar-refractivity contribution in [3.05, 3.63) is 52.3 Å². The minimum absolute atomic E-state index is 0.102. The fraction of sp³-hybridized carbons (Fsp3) is 0.214. The maximum Gasteiger partial charge on any atom is 0.319 e. The largest absolute Gasteiger partial charge is 0.385 e. The van der Waals surface area contributed by atoms with Crippen LogP contribution in [0.4, 0.5) is 10.5 Å². The second kappa shape index (κ2) is 6.85. The average molecular weight is 328 g/mol. The van der Waals surface area contributed by atoms with Gasteiger partial charge in [-0.1, -0.05) is 23.2 Å². The van der Waals surface area contributed by atoms with Crippen LogP contribution in [0.3, 0.4) is 0 Å². The van der Waals surface area contributed by atoms with E-state index in [1.54, 1.807) is 28.8 Å². The Kier molecular flexibility index (Phi) is 5.12. The Morgan fingerprint density at radius 3 is 2.71 bits per heavy atom. The number of nitrogens with zero attached hydrogens (tertiary/aromatic N) is 1. The monoisotopic (exact) mass is 327 g/mol. The van der Waals surface area contributed by atoms with Crippen LogP contribution in [-0.4, -0.2) is 22.2 Å². The quantitative estimate of drug-likeness (QED) is 0.807. The van der Waals surface area contributed by atoms with Crippen molar-refractivity contribution in [2.24, 2.45) is 7.05 Å². The molecule has 5 nitrogen and oxygen atoms in total. The van der Waals surface area contributed by atoms with Gasteiger partial charge in [0.05, 0.1) is 16.6 Å². The zero-order valence-electron chi connectivity index (χ0n) is 11.3. The van der Waals surface area contributed by atoms with Gasteiger partial charge in [-0.25, -0.2) is 4.79 Å². The summed E-state index contributed by atoms with van der Waals surface area (Å²) in [5, 5.41) is 16.0. The summed E-state index contributed by atoms with van der Waals surface area (Å²) in [4.78, 5) is 11.8. The van der Waals surface area contributed by atoms with Crippen molar-refractivity contribution in [2.75, 3.05) is 11.9 Å². The molecule has 7 heteroatoms. The second-order valence-corrected chi connectivity index (χ2v) is 5.34. The summed E-state index contributed by atoms with van der Waals surface area (Å²) in [5.41, 5.74) is 1.25. The van der Waals surface area contributed by atoms with Crippen molar-refractivity contribution < 1.29 is 9.90 Å². The standard InChI is InChI=1S/C14H15Cl2N3O2/c1-19-6-2-3-12(19)13(20)8-17-14(21)18-9-4-5-10(15)11(16)7-9/h2-7,13,20H,8H2,1H3,(H2,17,18,21)/t13-/m1/s1. The minimum atomic E-state index is -0.774. The Balaban J connectivity index is 1.87. The molecule has 0 saturated carbocycles. The first kappa shape index (κ1) is 15.7. The predicted octanol–water partition coefficient (Wildman–Crippen LogP) is 3.19. The Bertz CT molecular complexity index is 643. The lowest BCUT2D eigenvalue weighted by atomic mass is 10.2. The van der Waals surface area contributed by atoms with Crippen LogP contribution in [0.25, 0.3) is 0 Å². The molecule has 0 bridgehead atoms. The van der Waals surface area contributed by atoms with Crippen LogP contribution in [0.15, 0.2) is 36.5 Å². The van der Waals surface area contributed by atoms with E-state index >= 15 is 0 Å². The first-order valence-corrected chi connectivity index (χ1v) is 7.02. The third-order valence-electron chi connectivity index (χ3n) is 2.96. The molecular formula is C14H15Cl2N3O2. The highest BCUT2D eigenvalue weighted by Gasteiger charge is 2.12. The molecule has 2 amide bonds. The van der Waals surface area contributed by atoms with E-state index in [0.717, 1.165) is 5.69 Å². The predicted molar refractivity (Wildman–Crippen MR) is 83.9 cm³/mol. The van der Waals surface area contributed by atoms with Crippen molar-refractivity contribution in [1.82, 2.24) is 9.88 Å². The SMILES string of the molecule is Cn1cccc1[C@H](O)CNC(=O)Nc1ccc(Cl)c(Cl)c1. The average Bonchev–Trinajstić information content (AvgIpc) is 2.86. The molecule has 1 aromatic heterocycles. The molecule has 0 saturated heterocycles. The third kappa shape index (κ3) is 4.14. The fourth-order valence-corrected chi connectivity index (χ4v) is 2.16. The number of benzene rings is 1. The molecule has 0 aliphatic rings. The smallest absolute Gasteiger partial charge is 0.319 e. The minimum Gasteiger partial charge on any atom is -0.385 e. The van der Waals surface area contributed by atoms with E-state index in [2.05, 4.69) is 10.6 Å². The number of anilines is 1. The van der Waals surface area contributed by atoms with Gasteiger partial charge >= 0.3 is 6.03 Å². The first-order chi connectivity index (χ1) is 9.97. The summed E-state index contributed by atoms with van der Waals surface area (Å²) in [6.07, 6.45) is 1.05. The Morgan fingerprint density at radius 2 is 2.10 bits per heavy atom. The van der Waals surface area contributed by atoms with E-state index in [0.29, 0.717) is 15.7 Å². The summed E-state index contributed by atoms with van der Waals surface area (Å²) >= 11 is 11.7. The molecule has 2 aromatic rings. The van der Waals surface area contributed by atoms with Crippen molar-refractivity contribution in [1.29, 1.82) is 0 Å². The number of rotatable bonds is 4. The number of hydrogen-bond donors (Lipinski definition) is 3. The number of aliphatic hydroxyl groups is 1. The van der Waals surface area contributed by atoms with E-state index in [-0.39, 0.29) is 6.54 Å². The van der Waals surface area contributed by atoms with Crippen LogP contribution in [0, 0.1) is 0 Å². The lowest BCUT2D eigenvalue weighted by molar-refractivity contribution is 0.167. The lowest BCUT2D eigenvalue weighted by Crippen LogP contribution is -2.32. The van der Waals surface area contributed by atoms with Crippen molar-refractivity contribution in [2.45, 2.75) is 6.10 Å². The number of amides is 2. The van der Waals surface area contributed by atoms with Gasteiger partial charge in [-0.3, -0.25) is 0 Å². The Morgan fingerprint density at radius 1 is 1.33 bits per heavy atom. The van der Waals surface area contributed by atoms with Crippen molar-refractivity contribution in [3.63, 3.8) is 0 Å². The van der Waals surface area contributed by atoms with Crippen LogP contribution in [0.1, 0.15) is 11.8 Å². The Labute approximate surface area is 132 Å². The number of carbonyl (C=O) groups excluding carboxylic acids is 1.